The zero-order chi connectivity index (χ0) is 22.4. The van der Waals surface area contributed by atoms with Gasteiger partial charge in [-0.2, -0.15) is 8.78 Å². The second-order valence-electron chi connectivity index (χ2n) is 6.67. The summed E-state index contributed by atoms with van der Waals surface area (Å²) in [5, 5.41) is 6.66. The van der Waals surface area contributed by atoms with E-state index in [9.17, 15) is 13.6 Å². The molecule has 2 aromatic carbocycles. The van der Waals surface area contributed by atoms with Gasteiger partial charge in [-0.3, -0.25) is 4.79 Å². The molecule has 1 aromatic heterocycles. The Morgan fingerprint density at radius 3 is 2.65 bits per heavy atom. The Hall–Kier alpha value is -3.62. The van der Waals surface area contributed by atoms with E-state index in [1.807, 2.05) is 13.8 Å². The highest BCUT2D eigenvalue weighted by atomic mass is 19.3. The summed E-state index contributed by atoms with van der Waals surface area (Å²) >= 11 is 0. The molecule has 1 heterocycles. The molecule has 0 saturated heterocycles. The molecule has 3 rings (SSSR count). The van der Waals surface area contributed by atoms with Crippen molar-refractivity contribution in [3.8, 4) is 17.2 Å². The topological polar surface area (TPSA) is 82.8 Å². The van der Waals surface area contributed by atoms with Crippen LogP contribution in [0.15, 0.2) is 47.0 Å². The number of rotatable bonds is 9. The monoisotopic (exact) mass is 432 g/mol. The molecule has 9 heteroatoms. The first-order valence-electron chi connectivity index (χ1n) is 9.42. The van der Waals surface area contributed by atoms with Gasteiger partial charge in [0.2, 0.25) is 0 Å². The van der Waals surface area contributed by atoms with E-state index in [1.165, 1.54) is 19.2 Å². The number of hydrogen-bond donors (Lipinski definition) is 1. The number of hydrogen-bond acceptors (Lipinski definition) is 6. The van der Waals surface area contributed by atoms with Crippen LogP contribution in [-0.2, 0) is 13.2 Å². The van der Waals surface area contributed by atoms with E-state index < -0.39 is 6.61 Å². The van der Waals surface area contributed by atoms with Crippen molar-refractivity contribution in [2.24, 2.45) is 0 Å². The average Bonchev–Trinajstić information content (AvgIpc) is 3.08. The van der Waals surface area contributed by atoms with Crippen molar-refractivity contribution in [2.75, 3.05) is 7.11 Å². The van der Waals surface area contributed by atoms with E-state index in [4.69, 9.17) is 14.0 Å². The van der Waals surface area contributed by atoms with Crippen LogP contribution in [0.3, 0.4) is 0 Å². The molecule has 0 saturated carbocycles. The number of ether oxygens (including phenoxy) is 3. The lowest BCUT2D eigenvalue weighted by molar-refractivity contribution is -0.0512. The summed E-state index contributed by atoms with van der Waals surface area (Å²) in [6.07, 6.45) is 0. The molecule has 7 nitrogen and oxygen atoms in total. The van der Waals surface area contributed by atoms with Crippen LogP contribution in [0.25, 0.3) is 0 Å². The van der Waals surface area contributed by atoms with Crippen LogP contribution in [-0.4, -0.2) is 24.8 Å². The second kappa shape index (κ2) is 9.92. The van der Waals surface area contributed by atoms with Gasteiger partial charge in [-0.15, -0.1) is 0 Å². The Morgan fingerprint density at radius 2 is 1.97 bits per heavy atom. The van der Waals surface area contributed by atoms with Gasteiger partial charge in [0.25, 0.3) is 5.91 Å². The molecule has 0 aliphatic rings. The molecule has 0 radical (unpaired) electrons. The highest BCUT2D eigenvalue weighted by Gasteiger charge is 2.13. The molecule has 0 spiro atoms. The summed E-state index contributed by atoms with van der Waals surface area (Å²) in [7, 11) is 1.35. The maximum absolute atomic E-state index is 12.5. The normalized spacial score (nSPS) is 10.8. The van der Waals surface area contributed by atoms with Crippen LogP contribution in [0.5, 0.6) is 17.2 Å². The standard InChI is InChI=1S/C22H22F2N2O5/c1-13-18(14(2)31-26-13)12-29-17-6-4-5-16(10-17)21(27)25-11-15-7-8-19(30-22(23)24)20(9-15)28-3/h4-10,22H,11-12H2,1-3H3,(H,25,27). The van der Waals surface area contributed by atoms with Crippen LogP contribution in [0, 0.1) is 13.8 Å². The number of benzene rings is 2. The van der Waals surface area contributed by atoms with E-state index in [0.29, 0.717) is 22.6 Å². The molecular weight excluding hydrogens is 410 g/mol. The Bertz CT molecular complexity index is 1030. The summed E-state index contributed by atoms with van der Waals surface area (Å²) < 4.78 is 45.2. The van der Waals surface area contributed by atoms with Crippen molar-refractivity contribution in [1.82, 2.24) is 10.5 Å². The predicted molar refractivity (Wildman–Crippen MR) is 108 cm³/mol. The molecule has 0 aliphatic heterocycles. The third-order valence-corrected chi connectivity index (χ3v) is 4.56. The Labute approximate surface area is 177 Å². The first kappa shape index (κ1) is 22.1. The van der Waals surface area contributed by atoms with Crippen molar-refractivity contribution >= 4 is 5.91 Å². The Balaban J connectivity index is 1.61. The number of aromatic nitrogens is 1. The van der Waals surface area contributed by atoms with Crippen molar-refractivity contribution in [2.45, 2.75) is 33.6 Å². The highest BCUT2D eigenvalue weighted by Crippen LogP contribution is 2.29. The maximum Gasteiger partial charge on any atom is 0.387 e. The van der Waals surface area contributed by atoms with Gasteiger partial charge in [-0.25, -0.2) is 0 Å². The van der Waals surface area contributed by atoms with E-state index in [2.05, 4.69) is 15.2 Å². The van der Waals surface area contributed by atoms with Crippen LogP contribution >= 0.6 is 0 Å². The maximum atomic E-state index is 12.5. The van der Waals surface area contributed by atoms with Crippen LogP contribution in [0.2, 0.25) is 0 Å². The first-order valence-corrected chi connectivity index (χ1v) is 9.42. The van der Waals surface area contributed by atoms with Gasteiger partial charge in [-0.1, -0.05) is 17.3 Å². The number of amides is 1. The number of carbonyl (C=O) groups excluding carboxylic acids is 1. The van der Waals surface area contributed by atoms with Gasteiger partial charge < -0.3 is 24.1 Å². The molecular formula is C22H22F2N2O5. The zero-order valence-electron chi connectivity index (χ0n) is 17.3. The van der Waals surface area contributed by atoms with Crippen molar-refractivity contribution in [3.63, 3.8) is 0 Å². The SMILES string of the molecule is COc1cc(CNC(=O)c2cccc(OCc3c(C)noc3C)c2)ccc1OC(F)F. The first-order chi connectivity index (χ1) is 14.9. The average molecular weight is 432 g/mol. The largest absolute Gasteiger partial charge is 0.493 e. The molecule has 164 valence electrons. The van der Waals surface area contributed by atoms with Crippen molar-refractivity contribution in [3.05, 3.63) is 70.6 Å². The fraction of sp³-hybridized carbons (Fsp3) is 0.273. The minimum Gasteiger partial charge on any atom is -0.493 e. The number of alkyl halides is 2. The third kappa shape index (κ3) is 5.71. The summed E-state index contributed by atoms with van der Waals surface area (Å²) in [4.78, 5) is 12.5. The molecule has 0 atom stereocenters. The van der Waals surface area contributed by atoms with Gasteiger partial charge in [0.1, 0.15) is 18.1 Å². The number of halogens is 2. The van der Waals surface area contributed by atoms with E-state index in [-0.39, 0.29) is 30.6 Å². The Morgan fingerprint density at radius 1 is 1.16 bits per heavy atom. The molecule has 0 aliphatic carbocycles. The lowest BCUT2D eigenvalue weighted by atomic mass is 10.1. The number of nitrogens with one attached hydrogen (secondary N) is 1. The van der Waals surface area contributed by atoms with Crippen LogP contribution in [0.1, 0.15) is 32.9 Å². The number of aryl methyl sites for hydroxylation is 2. The smallest absolute Gasteiger partial charge is 0.387 e. The second-order valence-corrected chi connectivity index (χ2v) is 6.67. The summed E-state index contributed by atoms with van der Waals surface area (Å²) in [5.41, 5.74) is 2.70. The zero-order valence-corrected chi connectivity index (χ0v) is 17.3. The quantitative estimate of drug-likeness (QED) is 0.539. The van der Waals surface area contributed by atoms with Gasteiger partial charge in [-0.05, 0) is 49.7 Å². The van der Waals surface area contributed by atoms with Gasteiger partial charge in [0.15, 0.2) is 11.5 Å². The summed E-state index contributed by atoms with van der Waals surface area (Å²) in [5.74, 6) is 0.988. The Kier molecular flexibility index (Phi) is 7.07. The predicted octanol–water partition coefficient (Wildman–Crippen LogP) is 4.41. The number of nitrogens with zero attached hydrogens (tertiary/aromatic N) is 1. The minimum absolute atomic E-state index is 0.0734. The lowest BCUT2D eigenvalue weighted by Crippen LogP contribution is -2.22. The molecule has 3 aromatic rings. The minimum atomic E-state index is -2.95. The van der Waals surface area contributed by atoms with E-state index in [1.54, 1.807) is 30.3 Å². The fourth-order valence-electron chi connectivity index (χ4n) is 2.89. The highest BCUT2D eigenvalue weighted by molar-refractivity contribution is 5.94. The molecule has 1 amide bonds. The van der Waals surface area contributed by atoms with Crippen molar-refractivity contribution in [1.29, 1.82) is 0 Å². The summed E-state index contributed by atoms with van der Waals surface area (Å²) in [6.45, 7) is 1.14. The van der Waals surface area contributed by atoms with Gasteiger partial charge >= 0.3 is 6.61 Å². The molecule has 0 bridgehead atoms. The van der Waals surface area contributed by atoms with Gasteiger partial charge in [0, 0.05) is 12.1 Å². The third-order valence-electron chi connectivity index (χ3n) is 4.56. The fourth-order valence-corrected chi connectivity index (χ4v) is 2.89. The molecule has 0 fully saturated rings. The van der Waals surface area contributed by atoms with Gasteiger partial charge in [0.05, 0.1) is 18.4 Å². The number of methoxy groups -OCH3 is 1. The molecule has 0 unspecified atom stereocenters. The summed E-state index contributed by atoms with van der Waals surface area (Å²) in [6, 6.07) is 11.2. The van der Waals surface area contributed by atoms with Crippen molar-refractivity contribution < 1.29 is 32.3 Å². The lowest BCUT2D eigenvalue weighted by Gasteiger charge is -2.12. The van der Waals surface area contributed by atoms with Crippen LogP contribution in [0.4, 0.5) is 8.78 Å². The molecule has 31 heavy (non-hydrogen) atoms. The van der Waals surface area contributed by atoms with E-state index >= 15 is 0 Å². The number of carbonyl (C=O) groups is 1. The molecule has 1 N–H and O–H groups in total. The van der Waals surface area contributed by atoms with Crippen LogP contribution < -0.4 is 19.5 Å². The van der Waals surface area contributed by atoms with E-state index in [0.717, 1.165) is 11.3 Å².